The summed E-state index contributed by atoms with van der Waals surface area (Å²) in [7, 11) is 2.98. The molecule has 11 nitrogen and oxygen atoms in total. The fraction of sp³-hybridized carbons (Fsp3) is 0.828. The molecule has 0 aromatic heterocycles. The molecule has 0 amide bonds. The Labute approximate surface area is 627 Å². The van der Waals surface area contributed by atoms with Crippen molar-refractivity contribution in [1.82, 2.24) is 0 Å². The smallest absolute Gasteiger partial charge is 0.316 e. The molecule has 15 aliphatic carbocycles. The highest BCUT2D eigenvalue weighted by Gasteiger charge is 2.75. The van der Waals surface area contributed by atoms with Crippen LogP contribution in [-0.4, -0.2) is 66.2 Å². The van der Waals surface area contributed by atoms with Gasteiger partial charge < -0.3 is 14.6 Å². The average molecular weight is 1430 g/mol. The molecule has 1 N–H and O–H groups in total. The van der Waals surface area contributed by atoms with Gasteiger partial charge >= 0.3 is 17.9 Å². The van der Waals surface area contributed by atoms with Gasteiger partial charge in [-0.2, -0.15) is 0 Å². The van der Waals surface area contributed by atoms with Gasteiger partial charge in [0.05, 0.1) is 30.5 Å². The Morgan fingerprint density at radius 1 is 0.375 bits per heavy atom. The molecule has 0 radical (unpaired) electrons. The van der Waals surface area contributed by atoms with Gasteiger partial charge in [-0.1, -0.05) is 157 Å². The maximum atomic E-state index is 13.4. The predicted octanol–water partition coefficient (Wildman–Crippen LogP) is 21.0. The lowest BCUT2D eigenvalue weighted by Gasteiger charge is -2.71. The van der Waals surface area contributed by atoms with Gasteiger partial charge in [0.15, 0.2) is 17.3 Å². The van der Waals surface area contributed by atoms with Crippen molar-refractivity contribution >= 4 is 46.8 Å². The first-order valence-electron chi connectivity index (χ1n) is 42.0. The van der Waals surface area contributed by atoms with E-state index in [1.165, 1.54) is 45.5 Å². The van der Waals surface area contributed by atoms with E-state index in [0.717, 1.165) is 137 Å². The van der Waals surface area contributed by atoms with Crippen LogP contribution in [0.4, 0.5) is 0 Å². The number of hydrogen-bond donors (Lipinski definition) is 1. The van der Waals surface area contributed by atoms with E-state index in [9.17, 15) is 43.5 Å². The van der Waals surface area contributed by atoms with Gasteiger partial charge in [-0.25, -0.2) is 0 Å². The number of carboxylic acids is 1. The van der Waals surface area contributed by atoms with Crippen LogP contribution in [0.3, 0.4) is 0 Å². The van der Waals surface area contributed by atoms with Crippen LogP contribution in [0.15, 0.2) is 45.1 Å². The Bertz CT molecular complexity index is 3820. The van der Waals surface area contributed by atoms with Gasteiger partial charge in [0.2, 0.25) is 0 Å². The summed E-state index contributed by atoms with van der Waals surface area (Å²) >= 11 is 0. The van der Waals surface area contributed by atoms with E-state index in [2.05, 4.69) is 158 Å². The van der Waals surface area contributed by atoms with Crippen LogP contribution in [0.2, 0.25) is 0 Å². The Balaban J connectivity index is 0.000000139. The summed E-state index contributed by atoms with van der Waals surface area (Å²) in [6.07, 6.45) is 26.3. The average Bonchev–Trinajstić information content (AvgIpc) is 1.10. The number of rotatable bonds is 6. The summed E-state index contributed by atoms with van der Waals surface area (Å²) in [6.45, 7) is 51.3. The van der Waals surface area contributed by atoms with Crippen LogP contribution in [0.25, 0.3) is 0 Å². The van der Waals surface area contributed by atoms with Crippen molar-refractivity contribution in [3.8, 4) is 0 Å². The van der Waals surface area contributed by atoms with Gasteiger partial charge in [0, 0.05) is 42.9 Å². The summed E-state index contributed by atoms with van der Waals surface area (Å²) in [5, 5.41) is 10.4. The van der Waals surface area contributed by atoms with E-state index in [0.29, 0.717) is 84.6 Å². The van der Waals surface area contributed by atoms with Crippen LogP contribution in [0, 0.1) is 152 Å². The maximum Gasteiger partial charge on any atom is 0.316 e. The van der Waals surface area contributed by atoms with Crippen molar-refractivity contribution in [3.63, 3.8) is 0 Å². The standard InChI is InChI=1S/C32H48O3.C31H46O4.C30H44O4/c1-19(2)25-22(33)18-32(27(34)35-9)17-16-30(7)21(26(25)32)10-11-24-29(6)14-12-20(3)28(4,5)23(29)13-15-31(24,30)8;1-18(2)24-20(32)17-31(26(34)35-8)16-15-29(6)19(25(24)31)9-10-22-28(5)13-12-23(33)27(3,4)21(28)11-14-30(22,29)7;1-17(2)23-19(31)16-30(25(33)34)15-14-28(6)18(24(23)30)8-9-21-27(5)12-11-22(32)26(3,4)20(27)10-13-29(21,28)7/h12,19,21,23-24H,10-11,13-18H2,1-9H3;18-19,21-22H,9-17H2,1-8H3;17-18,20-21H,8-16H2,1-7H3,(H,33,34)/t21?,23?,24?,29-,30+,31+,32+;19?,21?,22?,28-,29+,30+,31+;18?,20?,21?,27-,28+,29+,30+/m000/s1. The summed E-state index contributed by atoms with van der Waals surface area (Å²) in [6, 6.07) is 0. The molecule has 9 unspecified atom stereocenters. The molecule has 11 fully saturated rings. The van der Waals surface area contributed by atoms with Crippen molar-refractivity contribution < 1.29 is 52.9 Å². The summed E-state index contributed by atoms with van der Waals surface area (Å²) in [4.78, 5) is 105. The number of methoxy groups -OCH3 is 2. The molecule has 21 atom stereocenters. The molecule has 104 heavy (non-hydrogen) atoms. The molecule has 0 aromatic carbocycles. The normalized spacial score (nSPS) is 46.9. The molecule has 576 valence electrons. The SMILES string of the molecule is CC(C)C1=C2C3CCC4[C@@]5(C)CCC(=O)C(C)(C)C5CC[C@@]4(C)[C@]3(C)CC[C@@]2(C(=O)O)CC1=O.COC(=O)[C@@]12CC[C@]3(C)C(CCC4[C@@]5(C)CC=C(C)C(C)(C)C5CC[C@]43C)C1=C(C(C)C)C(=O)C2.COC(=O)[C@@]12CC[C@]3(C)C(CCC4[C@@]5(C)CCC(=O)C(C)(C)C5CC[C@]43C)C1=C(C(C)C)C(=O)C2. The van der Waals surface area contributed by atoms with Crippen LogP contribution in [-0.2, 0) is 47.8 Å². The van der Waals surface area contributed by atoms with Crippen molar-refractivity contribution in [1.29, 1.82) is 0 Å². The van der Waals surface area contributed by atoms with E-state index in [4.69, 9.17) is 9.47 Å². The fourth-order valence-electron chi connectivity index (χ4n) is 32.3. The number of allylic oxidation sites excluding steroid dienone is 5. The minimum Gasteiger partial charge on any atom is -0.481 e. The van der Waals surface area contributed by atoms with E-state index in [-0.39, 0.29) is 125 Å². The van der Waals surface area contributed by atoms with Gasteiger partial charge in [-0.3, -0.25) is 38.4 Å². The number of aliphatic carboxylic acids is 1. The Morgan fingerprint density at radius 2 is 0.673 bits per heavy atom. The Kier molecular flexibility index (Phi) is 18.4. The molecule has 0 spiro atoms. The fourth-order valence-corrected chi connectivity index (χ4v) is 32.3. The lowest BCUT2D eigenvalue weighted by molar-refractivity contribution is -0.212. The summed E-state index contributed by atoms with van der Waals surface area (Å²) in [5.41, 5.74) is 6.11. The number of carbonyl (C=O) groups excluding carboxylic acids is 7. The largest absolute Gasteiger partial charge is 0.481 e. The minimum atomic E-state index is -0.982. The van der Waals surface area contributed by atoms with E-state index in [1.807, 2.05) is 0 Å². The number of fused-ring (bicyclic) bond motifs is 21. The molecule has 0 heterocycles. The number of Topliss-reactive ketones (excluding diaryl/α,β-unsaturated/α-hetero) is 5. The number of ether oxygens (including phenoxy) is 2. The monoisotopic (exact) mass is 1430 g/mol. The number of ketones is 5. The lowest BCUT2D eigenvalue weighted by Crippen LogP contribution is -2.65. The number of carboxylic acid groups (broad SMARTS) is 1. The number of esters is 2. The lowest BCUT2D eigenvalue weighted by atomic mass is 9.33. The second kappa shape index (κ2) is 24.6. The second-order valence-corrected chi connectivity index (χ2v) is 43.2. The first kappa shape index (κ1) is 77.9. The number of carbonyl (C=O) groups is 8. The molecule has 0 aliphatic heterocycles. The zero-order valence-corrected chi connectivity index (χ0v) is 69.4. The summed E-state index contributed by atoms with van der Waals surface area (Å²) in [5.74, 6) is 4.54. The first-order chi connectivity index (χ1) is 48.1. The van der Waals surface area contributed by atoms with Gasteiger partial charge in [-0.15, -0.1) is 0 Å². The second-order valence-electron chi connectivity index (χ2n) is 43.2. The zero-order valence-electron chi connectivity index (χ0n) is 69.4. The molecule has 0 aromatic rings. The van der Waals surface area contributed by atoms with Crippen molar-refractivity contribution in [2.24, 2.45) is 152 Å². The van der Waals surface area contributed by atoms with Crippen molar-refractivity contribution in [2.45, 2.75) is 319 Å². The molecule has 11 saturated carbocycles. The third-order valence-corrected chi connectivity index (χ3v) is 38.3. The topological polar surface area (TPSA) is 175 Å². The third kappa shape index (κ3) is 9.78. The third-order valence-electron chi connectivity index (χ3n) is 38.3. The molecule has 0 bridgehead atoms. The van der Waals surface area contributed by atoms with Crippen LogP contribution in [0.5, 0.6) is 0 Å². The van der Waals surface area contributed by atoms with E-state index >= 15 is 0 Å². The molecule has 15 aliphatic rings. The predicted molar refractivity (Wildman–Crippen MR) is 409 cm³/mol. The molecule has 0 saturated heterocycles. The van der Waals surface area contributed by atoms with Gasteiger partial charge in [0.25, 0.3) is 0 Å². The van der Waals surface area contributed by atoms with Crippen LogP contribution >= 0.6 is 0 Å². The van der Waals surface area contributed by atoms with Crippen LogP contribution < -0.4 is 0 Å². The van der Waals surface area contributed by atoms with Crippen molar-refractivity contribution in [3.05, 3.63) is 45.1 Å². The minimum absolute atomic E-state index is 0.0193. The van der Waals surface area contributed by atoms with Gasteiger partial charge in [0.1, 0.15) is 11.6 Å². The molecule has 11 heteroatoms. The van der Waals surface area contributed by atoms with E-state index in [1.54, 1.807) is 5.57 Å². The molecule has 15 rings (SSSR count). The van der Waals surface area contributed by atoms with Crippen LogP contribution in [0.1, 0.15) is 319 Å². The van der Waals surface area contributed by atoms with E-state index < -0.39 is 22.2 Å². The first-order valence-corrected chi connectivity index (χ1v) is 42.0. The Hall–Kier alpha value is -4.28. The zero-order chi connectivity index (χ0) is 76.6. The van der Waals surface area contributed by atoms with Gasteiger partial charge in [-0.05, 0) is 300 Å². The molecular formula is C93H138O11. The quantitative estimate of drug-likeness (QED) is 0.198. The maximum absolute atomic E-state index is 13.4. The Morgan fingerprint density at radius 3 is 0.990 bits per heavy atom. The summed E-state index contributed by atoms with van der Waals surface area (Å²) < 4.78 is 10.8. The molecular weight excluding hydrogens is 1290 g/mol. The highest BCUT2D eigenvalue weighted by molar-refractivity contribution is 6.07. The highest BCUT2D eigenvalue weighted by atomic mass is 16.5. The number of hydrogen-bond acceptors (Lipinski definition) is 10. The van der Waals surface area contributed by atoms with Crippen molar-refractivity contribution in [2.75, 3.05) is 14.2 Å². The highest BCUT2D eigenvalue weighted by Crippen LogP contribution is 2.81.